The minimum Gasteiger partial charge on any atom is -0.508 e. The molecule has 4 aromatic rings. The van der Waals surface area contributed by atoms with Crippen molar-refractivity contribution in [1.29, 1.82) is 0 Å². The molecule has 0 spiro atoms. The maximum atomic E-state index is 12.9. The number of aliphatic hydroxyl groups excluding tert-OH is 5. The van der Waals surface area contributed by atoms with E-state index < -0.39 is 71.7 Å². The first-order valence-electron chi connectivity index (χ1n) is 21.9. The lowest BCUT2D eigenvalue weighted by Crippen LogP contribution is -2.64. The molecular weight excluding hydrogens is 933 g/mol. The first kappa shape index (κ1) is 57.2. The van der Waals surface area contributed by atoms with Gasteiger partial charge in [-0.15, -0.1) is 13.2 Å². The summed E-state index contributed by atoms with van der Waals surface area (Å²) in [4.78, 5) is 34.7. The van der Waals surface area contributed by atoms with Crippen molar-refractivity contribution in [2.45, 2.75) is 102 Å². The Morgan fingerprint density at radius 2 is 1.10 bits per heavy atom. The molecule has 0 amide bonds. The maximum absolute atomic E-state index is 12.9. The van der Waals surface area contributed by atoms with Crippen LogP contribution in [0.4, 0.5) is 0 Å². The fourth-order valence-corrected chi connectivity index (χ4v) is 7.86. The average molecular weight is 997 g/mol. The Morgan fingerprint density at radius 3 is 1.54 bits per heavy atom. The Kier molecular flexibility index (Phi) is 19.8. The number of rotatable bonds is 16. The summed E-state index contributed by atoms with van der Waals surface area (Å²) in [7, 11) is 5.55. The topological polar surface area (TPSA) is 290 Å². The average Bonchev–Trinajstić information content (AvgIpc) is 3.33. The minimum atomic E-state index is -1.43. The van der Waals surface area contributed by atoms with E-state index in [0.717, 1.165) is 0 Å². The number of fused-ring (bicyclic) bond motifs is 2. The quantitative estimate of drug-likeness (QED) is 0.0397. The number of oxime groups is 2. The third kappa shape index (κ3) is 12.0. The van der Waals surface area contributed by atoms with Crippen LogP contribution in [0.25, 0.3) is 21.9 Å². The number of aromatic hydroxyl groups is 1. The molecule has 2 aromatic heterocycles. The highest BCUT2D eigenvalue weighted by Crippen LogP contribution is 2.39. The largest absolute Gasteiger partial charge is 0.508 e. The van der Waals surface area contributed by atoms with Gasteiger partial charge in [0.25, 0.3) is 0 Å². The second-order valence-electron chi connectivity index (χ2n) is 16.4. The lowest BCUT2D eigenvalue weighted by molar-refractivity contribution is -0.305. The summed E-state index contributed by atoms with van der Waals surface area (Å²) in [5.41, 5.74) is -1.10. The van der Waals surface area contributed by atoms with Crippen molar-refractivity contribution in [2.75, 3.05) is 41.7 Å². The number of ether oxygens (including phenoxy) is 7. The summed E-state index contributed by atoms with van der Waals surface area (Å²) >= 11 is 0. The molecule has 4 heterocycles. The van der Waals surface area contributed by atoms with Gasteiger partial charge in [0.1, 0.15) is 121 Å². The van der Waals surface area contributed by atoms with Crippen molar-refractivity contribution in [3.63, 3.8) is 0 Å². The highest BCUT2D eigenvalue weighted by Gasteiger charge is 2.52. The van der Waals surface area contributed by atoms with Gasteiger partial charge in [-0.1, -0.05) is 47.8 Å². The van der Waals surface area contributed by atoms with Crippen LogP contribution in [-0.4, -0.2) is 144 Å². The summed E-state index contributed by atoms with van der Waals surface area (Å²) < 4.78 is 49.7. The SMILES string of the molecule is C=CCOc1c(C(C)=NOC)c(=O)oc2c(C)c(O)ccc12.C=CCOc1c(C(C)=NOC)c(=O)oc2c(C)c(OC3O[C@@](C)(C=C)[C@H](OC)[C@@H](O)[C@H]3O)ccc12.C=C[C@]1(C)OC(O)[C@H](O)[C@H](O)[C@H]1OC. The monoisotopic (exact) mass is 996 g/mol. The molecule has 2 saturated heterocycles. The molecule has 71 heavy (non-hydrogen) atoms. The van der Waals surface area contributed by atoms with Gasteiger partial charge in [-0.3, -0.25) is 0 Å². The number of nitrogens with zero attached hydrogens (tertiary/aromatic N) is 2. The van der Waals surface area contributed by atoms with Gasteiger partial charge in [0, 0.05) is 25.3 Å². The predicted octanol–water partition coefficient (Wildman–Crippen LogP) is 4.21. The van der Waals surface area contributed by atoms with Crippen LogP contribution in [0.5, 0.6) is 23.0 Å². The first-order valence-corrected chi connectivity index (χ1v) is 21.9. The molecule has 2 unspecified atom stereocenters. The van der Waals surface area contributed by atoms with Crippen LogP contribution in [0, 0.1) is 13.8 Å². The smallest absolute Gasteiger partial charge is 0.349 e. The molecule has 0 aliphatic carbocycles. The second-order valence-corrected chi connectivity index (χ2v) is 16.4. The Bertz CT molecular complexity index is 2730. The highest BCUT2D eigenvalue weighted by molar-refractivity contribution is 6.06. The van der Waals surface area contributed by atoms with Crippen LogP contribution >= 0.6 is 0 Å². The van der Waals surface area contributed by atoms with Crippen LogP contribution in [0.3, 0.4) is 0 Å². The lowest BCUT2D eigenvalue weighted by atomic mass is 9.88. The zero-order valence-corrected chi connectivity index (χ0v) is 41.4. The summed E-state index contributed by atoms with van der Waals surface area (Å²) in [5.74, 6) is 0.896. The van der Waals surface area contributed by atoms with Crippen molar-refractivity contribution < 1.29 is 82.3 Å². The van der Waals surface area contributed by atoms with Crippen molar-refractivity contribution in [3.8, 4) is 23.0 Å². The Balaban J connectivity index is 0.000000258. The normalized spacial score (nSPS) is 26.5. The van der Waals surface area contributed by atoms with Gasteiger partial charge in [0.15, 0.2) is 6.29 Å². The maximum Gasteiger partial charge on any atom is 0.349 e. The van der Waals surface area contributed by atoms with E-state index in [2.05, 4.69) is 36.6 Å². The van der Waals surface area contributed by atoms with Gasteiger partial charge in [0.05, 0.1) is 22.2 Å². The van der Waals surface area contributed by atoms with E-state index >= 15 is 0 Å². The van der Waals surface area contributed by atoms with Crippen molar-refractivity contribution in [3.05, 3.63) is 118 Å². The first-order chi connectivity index (χ1) is 33.6. The number of hydrogen-bond donors (Lipinski definition) is 6. The Morgan fingerprint density at radius 1 is 0.662 bits per heavy atom. The fourth-order valence-electron chi connectivity index (χ4n) is 7.86. The van der Waals surface area contributed by atoms with E-state index in [1.165, 1.54) is 46.7 Å². The van der Waals surface area contributed by atoms with Gasteiger partial charge in [-0.05, 0) is 65.8 Å². The number of benzene rings is 2. The second kappa shape index (κ2) is 24.6. The summed E-state index contributed by atoms with van der Waals surface area (Å²) in [5, 5.41) is 67.9. The number of hydrogen-bond acceptors (Lipinski definition) is 21. The summed E-state index contributed by atoms with van der Waals surface area (Å²) in [6.07, 6.45) is -3.55. The van der Waals surface area contributed by atoms with E-state index in [-0.39, 0.29) is 58.5 Å². The van der Waals surface area contributed by atoms with Crippen LogP contribution < -0.4 is 25.5 Å². The van der Waals surface area contributed by atoms with Crippen LogP contribution in [0.2, 0.25) is 0 Å². The van der Waals surface area contributed by atoms with E-state index in [9.17, 15) is 40.2 Å². The zero-order valence-electron chi connectivity index (χ0n) is 41.4. The Hall–Kier alpha value is -6.40. The molecule has 10 atom stereocenters. The molecule has 21 nitrogen and oxygen atoms in total. The zero-order chi connectivity index (χ0) is 53.1. The molecular formula is C50H64N2O19. The van der Waals surface area contributed by atoms with Gasteiger partial charge in [-0.25, -0.2) is 9.59 Å². The minimum absolute atomic E-state index is 0.0420. The number of methoxy groups -OCH3 is 2. The lowest BCUT2D eigenvalue weighted by Gasteiger charge is -2.46. The third-order valence-corrected chi connectivity index (χ3v) is 11.7. The number of aryl methyl sites for hydroxylation is 2. The fraction of sp³-hybridized carbons (Fsp3) is 0.440. The van der Waals surface area contributed by atoms with E-state index in [1.54, 1.807) is 71.9 Å². The molecule has 2 fully saturated rings. The molecule has 0 radical (unpaired) electrons. The summed E-state index contributed by atoms with van der Waals surface area (Å²) in [6.45, 7) is 24.8. The number of phenols is 1. The third-order valence-electron chi connectivity index (χ3n) is 11.7. The molecule has 2 aliphatic heterocycles. The van der Waals surface area contributed by atoms with Crippen LogP contribution in [-0.2, 0) is 28.6 Å². The number of aliphatic hydroxyl groups is 5. The van der Waals surface area contributed by atoms with Crippen molar-refractivity contribution in [1.82, 2.24) is 0 Å². The predicted molar refractivity (Wildman–Crippen MR) is 261 cm³/mol. The van der Waals surface area contributed by atoms with E-state index in [1.807, 2.05) is 0 Å². The highest BCUT2D eigenvalue weighted by atomic mass is 16.7. The number of phenolic OH excluding ortho intramolecular Hbond substituents is 1. The molecule has 6 rings (SSSR count). The van der Waals surface area contributed by atoms with Crippen molar-refractivity contribution >= 4 is 33.4 Å². The van der Waals surface area contributed by atoms with E-state index in [4.69, 9.17) is 51.7 Å². The molecule has 2 aliphatic rings. The molecule has 21 heteroatoms. The van der Waals surface area contributed by atoms with Crippen LogP contribution in [0.1, 0.15) is 49.9 Å². The van der Waals surface area contributed by atoms with Gasteiger partial charge >= 0.3 is 11.3 Å². The van der Waals surface area contributed by atoms with Gasteiger partial charge in [-0.2, -0.15) is 0 Å². The molecule has 0 bridgehead atoms. The summed E-state index contributed by atoms with van der Waals surface area (Å²) in [6, 6.07) is 6.42. The van der Waals surface area contributed by atoms with Gasteiger partial charge < -0.3 is 82.3 Å². The molecule has 388 valence electrons. The van der Waals surface area contributed by atoms with Crippen LogP contribution in [0.15, 0.2) is 104 Å². The van der Waals surface area contributed by atoms with Gasteiger partial charge in [0.2, 0.25) is 6.29 Å². The Labute approximate surface area is 409 Å². The standard InChI is InChI=1S/C25H31NO9.C16H17NO5.C9H16O5/c1-8-12-32-21-15-10-11-16(13(3)20(15)34-23(29)17(21)14(4)26-31-7)33-24-19(28)18(27)22(30-6)25(5,9-2)35-24;1-5-8-21-15-11-6-7-12(18)9(2)14(11)22-16(19)13(15)10(3)17-20-4;1-4-9(2)7(13-3)5(10)6(11)8(12)14-9/h8-11,18-19,22,24,27-28H,1-2,12H2,3-7H3;5-7,18H,1,8H2,2-4H3;4-8,10-12H,1H2,2-3H3/t18-,19+,22+,24?,25-;;5-,6+,7+,8?,9-/m0.0/s1. The van der Waals surface area contributed by atoms with E-state index in [0.29, 0.717) is 33.4 Å². The molecule has 2 aromatic carbocycles. The molecule has 6 N–H and O–H groups in total. The molecule has 0 saturated carbocycles. The van der Waals surface area contributed by atoms with Crippen molar-refractivity contribution in [2.24, 2.45) is 10.3 Å².